The largest absolute Gasteiger partial charge is 0.478 e. The van der Waals surface area contributed by atoms with Crippen LogP contribution in [-0.4, -0.2) is 17.2 Å². The molecule has 0 heterocycles. The lowest BCUT2D eigenvalue weighted by Gasteiger charge is -2.17. The number of carboxylic acids is 1. The van der Waals surface area contributed by atoms with Crippen molar-refractivity contribution < 1.29 is 14.3 Å². The van der Waals surface area contributed by atoms with E-state index in [9.17, 15) is 9.18 Å². The second-order valence-corrected chi connectivity index (χ2v) is 2.81. The molecule has 66 valence electrons. The quantitative estimate of drug-likeness (QED) is 0.614. The van der Waals surface area contributed by atoms with Gasteiger partial charge in [0.15, 0.2) is 0 Å². The van der Waals surface area contributed by atoms with E-state index in [1.54, 1.807) is 6.92 Å². The summed E-state index contributed by atoms with van der Waals surface area (Å²) in [6, 6.07) is 0. The van der Waals surface area contributed by atoms with Gasteiger partial charge in [-0.05, 0) is 6.08 Å². The number of carbonyl (C=O) groups is 1. The molecule has 0 aromatic carbocycles. The Morgan fingerprint density at radius 1 is 1.67 bits per heavy atom. The van der Waals surface area contributed by atoms with Crippen LogP contribution in [0.1, 0.15) is 6.92 Å². The lowest BCUT2D eigenvalue weighted by atomic mass is 9.94. The van der Waals surface area contributed by atoms with Gasteiger partial charge in [0.25, 0.3) is 0 Å². The molecule has 0 aliphatic heterocycles. The van der Waals surface area contributed by atoms with Crippen molar-refractivity contribution in [1.82, 2.24) is 0 Å². The molecule has 3 nitrogen and oxygen atoms in total. The second-order valence-electron chi connectivity index (χ2n) is 2.81. The maximum Gasteiger partial charge on any atom is 0.337 e. The molecule has 1 aliphatic carbocycles. The lowest BCUT2D eigenvalue weighted by Crippen LogP contribution is -2.21. The van der Waals surface area contributed by atoms with Gasteiger partial charge in [-0.25, -0.2) is 9.18 Å². The predicted octanol–water partition coefficient (Wildman–Crippen LogP) is 0.828. The van der Waals surface area contributed by atoms with Crippen LogP contribution >= 0.6 is 0 Å². The van der Waals surface area contributed by atoms with Gasteiger partial charge < -0.3 is 10.8 Å². The summed E-state index contributed by atoms with van der Waals surface area (Å²) in [6.45, 7) is 1.61. The number of nitrogens with two attached hydrogens (primary N) is 1. The Morgan fingerprint density at radius 2 is 2.25 bits per heavy atom. The Morgan fingerprint density at radius 3 is 2.75 bits per heavy atom. The zero-order valence-corrected chi connectivity index (χ0v) is 6.62. The summed E-state index contributed by atoms with van der Waals surface area (Å²) in [5, 5.41) is 8.60. The minimum Gasteiger partial charge on any atom is -0.478 e. The summed E-state index contributed by atoms with van der Waals surface area (Å²) >= 11 is 0. The molecule has 0 amide bonds. The van der Waals surface area contributed by atoms with E-state index in [-0.39, 0.29) is 11.3 Å². The van der Waals surface area contributed by atoms with E-state index in [1.807, 2.05) is 0 Å². The van der Waals surface area contributed by atoms with E-state index < -0.39 is 18.1 Å². The Balaban J connectivity index is 2.96. The highest BCUT2D eigenvalue weighted by atomic mass is 19.1. The van der Waals surface area contributed by atoms with Crippen molar-refractivity contribution in [2.24, 2.45) is 11.7 Å². The van der Waals surface area contributed by atoms with Crippen LogP contribution in [0.15, 0.2) is 23.4 Å². The number of rotatable bonds is 1. The molecule has 0 saturated heterocycles. The number of hydrogen-bond acceptors (Lipinski definition) is 2. The molecule has 0 aromatic rings. The fraction of sp³-hybridized carbons (Fsp3) is 0.375. The van der Waals surface area contributed by atoms with Crippen LogP contribution in [0.2, 0.25) is 0 Å². The van der Waals surface area contributed by atoms with Gasteiger partial charge >= 0.3 is 5.97 Å². The molecule has 2 unspecified atom stereocenters. The first kappa shape index (κ1) is 8.77. The summed E-state index contributed by atoms with van der Waals surface area (Å²) in [5.74, 6) is -1.52. The van der Waals surface area contributed by atoms with Gasteiger partial charge in [-0.1, -0.05) is 13.0 Å². The van der Waals surface area contributed by atoms with Crippen molar-refractivity contribution in [3.8, 4) is 0 Å². The fourth-order valence-corrected chi connectivity index (χ4v) is 1.06. The molecule has 12 heavy (non-hydrogen) atoms. The molecule has 0 bridgehead atoms. The molecule has 1 rings (SSSR count). The first-order valence-corrected chi connectivity index (χ1v) is 3.59. The number of carboxylic acid groups (broad SMARTS) is 1. The average Bonchev–Trinajstić information content (AvgIpc) is 1.96. The zero-order valence-electron chi connectivity index (χ0n) is 6.62. The third-order valence-corrected chi connectivity index (χ3v) is 1.81. The fourth-order valence-electron chi connectivity index (χ4n) is 1.06. The highest BCUT2D eigenvalue weighted by Gasteiger charge is 2.22. The predicted molar refractivity (Wildman–Crippen MR) is 42.0 cm³/mol. The van der Waals surface area contributed by atoms with Crippen LogP contribution in [-0.2, 0) is 4.79 Å². The lowest BCUT2D eigenvalue weighted by molar-refractivity contribution is -0.132. The summed E-state index contributed by atoms with van der Waals surface area (Å²) in [4.78, 5) is 10.5. The minimum absolute atomic E-state index is 0.00333. The molecule has 2 atom stereocenters. The van der Waals surface area contributed by atoms with Crippen molar-refractivity contribution >= 4 is 5.97 Å². The number of alkyl halides is 1. The minimum atomic E-state index is -1.17. The third kappa shape index (κ3) is 1.47. The van der Waals surface area contributed by atoms with Crippen molar-refractivity contribution in [3.63, 3.8) is 0 Å². The maximum absolute atomic E-state index is 12.9. The van der Waals surface area contributed by atoms with Crippen LogP contribution in [0.4, 0.5) is 4.39 Å². The molecule has 3 N–H and O–H groups in total. The highest BCUT2D eigenvalue weighted by molar-refractivity contribution is 5.91. The van der Waals surface area contributed by atoms with Crippen molar-refractivity contribution in [3.05, 3.63) is 23.4 Å². The Labute approximate surface area is 69.4 Å². The van der Waals surface area contributed by atoms with E-state index >= 15 is 0 Å². The second kappa shape index (κ2) is 2.97. The SMILES string of the molecule is CC1C=C(C(=O)O)C(N)=CC1F. The van der Waals surface area contributed by atoms with Gasteiger partial charge in [0.05, 0.1) is 5.57 Å². The van der Waals surface area contributed by atoms with E-state index in [0.29, 0.717) is 0 Å². The van der Waals surface area contributed by atoms with Crippen LogP contribution in [0.5, 0.6) is 0 Å². The van der Waals surface area contributed by atoms with Gasteiger partial charge in [0.2, 0.25) is 0 Å². The van der Waals surface area contributed by atoms with Crippen LogP contribution in [0.25, 0.3) is 0 Å². The van der Waals surface area contributed by atoms with Crippen molar-refractivity contribution in [1.29, 1.82) is 0 Å². The first-order chi connectivity index (χ1) is 5.52. The van der Waals surface area contributed by atoms with Gasteiger partial charge in [-0.3, -0.25) is 0 Å². The molecule has 4 heteroatoms. The van der Waals surface area contributed by atoms with Crippen molar-refractivity contribution in [2.75, 3.05) is 0 Å². The van der Waals surface area contributed by atoms with Gasteiger partial charge in [-0.15, -0.1) is 0 Å². The first-order valence-electron chi connectivity index (χ1n) is 3.59. The van der Waals surface area contributed by atoms with Crippen LogP contribution < -0.4 is 5.73 Å². The molecule has 0 saturated carbocycles. The molecular weight excluding hydrogens is 161 g/mol. The van der Waals surface area contributed by atoms with E-state index in [4.69, 9.17) is 10.8 Å². The molecule has 0 aromatic heterocycles. The van der Waals surface area contributed by atoms with Gasteiger partial charge in [-0.2, -0.15) is 0 Å². The molecule has 0 fully saturated rings. The number of allylic oxidation sites excluding steroid dienone is 2. The average molecular weight is 171 g/mol. The van der Waals surface area contributed by atoms with Gasteiger partial charge in [0.1, 0.15) is 6.17 Å². The monoisotopic (exact) mass is 171 g/mol. The Hall–Kier alpha value is -1.32. The summed E-state index contributed by atoms with van der Waals surface area (Å²) in [7, 11) is 0. The Kier molecular flexibility index (Phi) is 2.17. The summed E-state index contributed by atoms with van der Waals surface area (Å²) in [5.41, 5.74) is 5.31. The number of aliphatic carboxylic acids is 1. The smallest absolute Gasteiger partial charge is 0.337 e. The molecule has 1 aliphatic rings. The molecule has 0 spiro atoms. The van der Waals surface area contributed by atoms with Crippen molar-refractivity contribution in [2.45, 2.75) is 13.1 Å². The Bertz CT molecular complexity index is 270. The van der Waals surface area contributed by atoms with Crippen LogP contribution in [0.3, 0.4) is 0 Å². The van der Waals surface area contributed by atoms with Crippen LogP contribution in [0, 0.1) is 5.92 Å². The van der Waals surface area contributed by atoms with Gasteiger partial charge in [0, 0.05) is 11.6 Å². The maximum atomic E-state index is 12.9. The number of hydrogen-bond donors (Lipinski definition) is 2. The highest BCUT2D eigenvalue weighted by Crippen LogP contribution is 2.22. The zero-order chi connectivity index (χ0) is 9.30. The molecule has 0 radical (unpaired) electrons. The van der Waals surface area contributed by atoms with E-state index in [2.05, 4.69) is 0 Å². The standard InChI is InChI=1S/C8H10FNO2/c1-4-2-5(8(11)12)7(10)3-6(4)9/h2-4,6H,10H2,1H3,(H,11,12). The number of halogens is 1. The molecular formula is C8H10FNO2. The third-order valence-electron chi connectivity index (χ3n) is 1.81. The normalized spacial score (nSPS) is 29.2. The van der Waals surface area contributed by atoms with E-state index in [1.165, 1.54) is 6.08 Å². The van der Waals surface area contributed by atoms with E-state index in [0.717, 1.165) is 6.08 Å². The summed E-state index contributed by atoms with van der Waals surface area (Å²) < 4.78 is 12.9. The summed E-state index contributed by atoms with van der Waals surface area (Å²) in [6.07, 6.45) is 1.30. The topological polar surface area (TPSA) is 63.3 Å².